The molecule has 6 nitrogen and oxygen atoms in total. The fourth-order valence-corrected chi connectivity index (χ4v) is 3.91. The number of aromatic nitrogens is 2. The van der Waals surface area contributed by atoms with Crippen LogP contribution in [-0.2, 0) is 6.54 Å². The maximum Gasteiger partial charge on any atom is 0.222 e. The van der Waals surface area contributed by atoms with Gasteiger partial charge in [0.2, 0.25) is 5.95 Å². The first-order valence-corrected chi connectivity index (χ1v) is 10.5. The van der Waals surface area contributed by atoms with Gasteiger partial charge in [-0.3, -0.25) is 0 Å². The van der Waals surface area contributed by atoms with Crippen molar-refractivity contribution in [3.05, 3.63) is 41.6 Å². The van der Waals surface area contributed by atoms with Gasteiger partial charge in [0.15, 0.2) is 0 Å². The van der Waals surface area contributed by atoms with E-state index in [4.69, 9.17) is 5.73 Å². The van der Waals surface area contributed by atoms with E-state index in [-0.39, 0.29) is 0 Å². The van der Waals surface area contributed by atoms with E-state index in [0.717, 1.165) is 57.1 Å². The topological polar surface area (TPSA) is 70.3 Å². The number of rotatable bonds is 8. The van der Waals surface area contributed by atoms with Gasteiger partial charge in [-0.25, -0.2) is 4.98 Å². The molecule has 28 heavy (non-hydrogen) atoms. The van der Waals surface area contributed by atoms with Crippen molar-refractivity contribution in [2.45, 2.75) is 52.6 Å². The summed E-state index contributed by atoms with van der Waals surface area (Å²) in [6.07, 6.45) is 3.39. The maximum absolute atomic E-state index is 5.80. The summed E-state index contributed by atoms with van der Waals surface area (Å²) in [7, 11) is 0. The highest BCUT2D eigenvalue weighted by atomic mass is 15.2. The Labute approximate surface area is 169 Å². The number of aryl methyl sites for hydroxylation is 1. The summed E-state index contributed by atoms with van der Waals surface area (Å²) >= 11 is 0. The Kier molecular flexibility index (Phi) is 7.09. The molecule has 1 aromatic carbocycles. The molecule has 1 aliphatic rings. The van der Waals surface area contributed by atoms with Crippen molar-refractivity contribution in [1.29, 1.82) is 0 Å². The summed E-state index contributed by atoms with van der Waals surface area (Å²) in [4.78, 5) is 13.3. The first kappa shape index (κ1) is 20.4. The number of anilines is 3. The van der Waals surface area contributed by atoms with Gasteiger partial charge in [-0.1, -0.05) is 19.1 Å². The van der Waals surface area contributed by atoms with Crippen molar-refractivity contribution in [3.8, 4) is 0 Å². The third-order valence-corrected chi connectivity index (χ3v) is 5.42. The molecule has 0 amide bonds. The zero-order chi connectivity index (χ0) is 19.9. The molecular formula is C22H34N6. The molecule has 0 atom stereocenters. The van der Waals surface area contributed by atoms with Crippen molar-refractivity contribution in [3.63, 3.8) is 0 Å². The van der Waals surface area contributed by atoms with Gasteiger partial charge in [-0.2, -0.15) is 4.98 Å². The third-order valence-electron chi connectivity index (χ3n) is 5.42. The molecule has 0 spiro atoms. The summed E-state index contributed by atoms with van der Waals surface area (Å²) in [5.74, 6) is 1.31. The van der Waals surface area contributed by atoms with Gasteiger partial charge in [-0.15, -0.1) is 0 Å². The Morgan fingerprint density at radius 1 is 1.18 bits per heavy atom. The zero-order valence-electron chi connectivity index (χ0n) is 17.5. The van der Waals surface area contributed by atoms with Crippen LogP contribution in [0, 0.1) is 6.92 Å². The second kappa shape index (κ2) is 9.73. The normalized spacial score (nSPS) is 15.0. The number of hydrogen-bond donors (Lipinski definition) is 2. The van der Waals surface area contributed by atoms with Gasteiger partial charge in [0.05, 0.1) is 0 Å². The van der Waals surface area contributed by atoms with Crippen molar-refractivity contribution in [2.24, 2.45) is 0 Å². The summed E-state index contributed by atoms with van der Waals surface area (Å²) < 4.78 is 0. The molecule has 2 aromatic rings. The monoisotopic (exact) mass is 382 g/mol. The second-order valence-electron chi connectivity index (χ2n) is 7.62. The lowest BCUT2D eigenvalue weighted by Gasteiger charge is -2.33. The van der Waals surface area contributed by atoms with E-state index in [9.17, 15) is 0 Å². The Morgan fingerprint density at radius 3 is 2.64 bits per heavy atom. The number of hydrogen-bond acceptors (Lipinski definition) is 6. The molecule has 1 aromatic heterocycles. The van der Waals surface area contributed by atoms with E-state index in [1.165, 1.54) is 17.7 Å². The second-order valence-corrected chi connectivity index (χ2v) is 7.62. The zero-order valence-corrected chi connectivity index (χ0v) is 17.5. The molecule has 1 fully saturated rings. The van der Waals surface area contributed by atoms with Crippen LogP contribution in [0.25, 0.3) is 0 Å². The van der Waals surface area contributed by atoms with Gasteiger partial charge in [0, 0.05) is 56.2 Å². The lowest BCUT2D eigenvalue weighted by atomic mass is 10.0. The number of benzene rings is 1. The smallest absolute Gasteiger partial charge is 0.222 e. The molecule has 6 heteroatoms. The molecule has 1 saturated heterocycles. The molecule has 0 unspecified atom stereocenters. The number of nitrogen functional groups attached to an aromatic ring is 1. The Bertz CT molecular complexity index is 734. The molecule has 0 bridgehead atoms. The van der Waals surface area contributed by atoms with Crippen molar-refractivity contribution < 1.29 is 0 Å². The molecule has 3 N–H and O–H groups in total. The Morgan fingerprint density at radius 2 is 1.96 bits per heavy atom. The molecule has 3 rings (SSSR count). The minimum Gasteiger partial charge on any atom is -0.372 e. The van der Waals surface area contributed by atoms with E-state index < -0.39 is 0 Å². The van der Waals surface area contributed by atoms with Crippen LogP contribution in [0.3, 0.4) is 0 Å². The lowest BCUT2D eigenvalue weighted by Crippen LogP contribution is -2.42. The molecule has 0 radical (unpaired) electrons. The van der Waals surface area contributed by atoms with E-state index in [2.05, 4.69) is 63.2 Å². The average molecular weight is 383 g/mol. The standard InChI is InChI=1S/C22H34N6/c1-4-11-27(5-2)20-8-6-7-18(15-20)16-24-19-9-12-28(13-10-19)21-14-17(3)25-22(23)26-21/h6-8,14-15,19,24H,4-5,9-13,16H2,1-3H3,(H2,23,25,26). The quantitative estimate of drug-likeness (QED) is 0.729. The van der Waals surface area contributed by atoms with Crippen molar-refractivity contribution in [1.82, 2.24) is 15.3 Å². The van der Waals surface area contributed by atoms with Crippen LogP contribution in [0.4, 0.5) is 17.5 Å². The van der Waals surface area contributed by atoms with Gasteiger partial charge in [0.25, 0.3) is 0 Å². The van der Waals surface area contributed by atoms with Crippen molar-refractivity contribution >= 4 is 17.5 Å². The average Bonchev–Trinajstić information content (AvgIpc) is 2.70. The summed E-state index contributed by atoms with van der Waals surface area (Å²) in [6, 6.07) is 11.5. The highest BCUT2D eigenvalue weighted by Gasteiger charge is 2.20. The molecule has 2 heterocycles. The largest absolute Gasteiger partial charge is 0.372 e. The number of nitrogens with zero attached hydrogens (tertiary/aromatic N) is 4. The van der Waals surface area contributed by atoms with E-state index in [1.807, 2.05) is 13.0 Å². The molecule has 152 valence electrons. The van der Waals surface area contributed by atoms with Gasteiger partial charge in [0.1, 0.15) is 5.82 Å². The SMILES string of the molecule is CCCN(CC)c1cccc(CNC2CCN(c3cc(C)nc(N)n3)CC2)c1. The molecule has 0 saturated carbocycles. The molecule has 0 aliphatic carbocycles. The third kappa shape index (κ3) is 5.35. The number of nitrogens with two attached hydrogens (primary N) is 1. The number of nitrogens with one attached hydrogen (secondary N) is 1. The fraction of sp³-hybridized carbons (Fsp3) is 0.545. The van der Waals surface area contributed by atoms with E-state index >= 15 is 0 Å². The van der Waals surface area contributed by atoms with Crippen LogP contribution in [0.5, 0.6) is 0 Å². The fourth-order valence-electron chi connectivity index (χ4n) is 3.91. The van der Waals surface area contributed by atoms with E-state index in [1.54, 1.807) is 0 Å². The lowest BCUT2D eigenvalue weighted by molar-refractivity contribution is 0.412. The summed E-state index contributed by atoms with van der Waals surface area (Å²) in [6.45, 7) is 11.5. The van der Waals surface area contributed by atoms with Crippen LogP contribution in [0.2, 0.25) is 0 Å². The predicted octanol–water partition coefficient (Wildman–Crippen LogP) is 3.36. The van der Waals surface area contributed by atoms with Gasteiger partial charge < -0.3 is 20.9 Å². The molecule has 1 aliphatic heterocycles. The van der Waals surface area contributed by atoms with Gasteiger partial charge >= 0.3 is 0 Å². The van der Waals surface area contributed by atoms with Gasteiger partial charge in [-0.05, 0) is 50.8 Å². The van der Waals surface area contributed by atoms with Crippen molar-refractivity contribution in [2.75, 3.05) is 41.7 Å². The Hall–Kier alpha value is -2.34. The Balaban J connectivity index is 1.51. The maximum atomic E-state index is 5.80. The first-order valence-electron chi connectivity index (χ1n) is 10.5. The highest BCUT2D eigenvalue weighted by Crippen LogP contribution is 2.20. The molecular weight excluding hydrogens is 348 g/mol. The summed E-state index contributed by atoms with van der Waals surface area (Å²) in [5, 5.41) is 3.75. The van der Waals surface area contributed by atoms with Crippen LogP contribution >= 0.6 is 0 Å². The van der Waals surface area contributed by atoms with Crippen LogP contribution in [0.15, 0.2) is 30.3 Å². The van der Waals surface area contributed by atoms with E-state index in [0.29, 0.717) is 12.0 Å². The number of piperidine rings is 1. The minimum atomic E-state index is 0.360. The first-order chi connectivity index (χ1) is 13.6. The van der Waals surface area contributed by atoms with Crippen LogP contribution in [0.1, 0.15) is 44.4 Å². The summed E-state index contributed by atoms with van der Waals surface area (Å²) in [5.41, 5.74) is 9.41. The predicted molar refractivity (Wildman–Crippen MR) is 118 cm³/mol. The van der Waals surface area contributed by atoms with Crippen LogP contribution in [-0.4, -0.2) is 42.2 Å². The minimum absolute atomic E-state index is 0.360. The van der Waals surface area contributed by atoms with Crippen LogP contribution < -0.4 is 20.9 Å². The highest BCUT2D eigenvalue weighted by molar-refractivity contribution is 5.48.